The van der Waals surface area contributed by atoms with Crippen molar-refractivity contribution in [3.05, 3.63) is 28.2 Å². The lowest BCUT2D eigenvalue weighted by Gasteiger charge is -2.20. The van der Waals surface area contributed by atoms with E-state index in [2.05, 4.69) is 33.8 Å². The molecule has 0 bridgehead atoms. The third-order valence-corrected chi connectivity index (χ3v) is 4.32. The standard InChI is InChI=1S/C14H21BrN2/c1-11-3-2-7-17(8-6-11)10-12-4-5-13(16)9-14(12)15/h4-5,9,11H,2-3,6-8,10,16H2,1H3. The van der Waals surface area contributed by atoms with Crippen LogP contribution in [0.2, 0.25) is 0 Å². The van der Waals surface area contributed by atoms with Crippen molar-refractivity contribution in [1.82, 2.24) is 4.90 Å². The molecule has 1 atom stereocenters. The van der Waals surface area contributed by atoms with Gasteiger partial charge in [0.2, 0.25) is 0 Å². The van der Waals surface area contributed by atoms with Crippen molar-refractivity contribution in [1.29, 1.82) is 0 Å². The van der Waals surface area contributed by atoms with Crippen molar-refractivity contribution in [2.45, 2.75) is 32.7 Å². The molecular weight excluding hydrogens is 276 g/mol. The Morgan fingerprint density at radius 2 is 2.18 bits per heavy atom. The summed E-state index contributed by atoms with van der Waals surface area (Å²) in [7, 11) is 0. The molecule has 1 saturated heterocycles. The molecule has 0 aromatic heterocycles. The topological polar surface area (TPSA) is 29.3 Å². The van der Waals surface area contributed by atoms with E-state index in [0.717, 1.165) is 22.6 Å². The fourth-order valence-corrected chi connectivity index (χ4v) is 2.94. The molecule has 1 unspecified atom stereocenters. The lowest BCUT2D eigenvalue weighted by Crippen LogP contribution is -2.24. The van der Waals surface area contributed by atoms with Crippen molar-refractivity contribution in [3.63, 3.8) is 0 Å². The molecule has 2 nitrogen and oxygen atoms in total. The van der Waals surface area contributed by atoms with Gasteiger partial charge in [0.15, 0.2) is 0 Å². The van der Waals surface area contributed by atoms with E-state index in [1.807, 2.05) is 12.1 Å². The first-order valence-electron chi connectivity index (χ1n) is 6.41. The molecule has 17 heavy (non-hydrogen) atoms. The van der Waals surface area contributed by atoms with E-state index in [9.17, 15) is 0 Å². The van der Waals surface area contributed by atoms with Gasteiger partial charge in [0.05, 0.1) is 0 Å². The number of hydrogen-bond donors (Lipinski definition) is 1. The van der Waals surface area contributed by atoms with Crippen molar-refractivity contribution in [2.24, 2.45) is 5.92 Å². The Hall–Kier alpha value is -0.540. The first-order chi connectivity index (χ1) is 8.15. The number of hydrogen-bond acceptors (Lipinski definition) is 2. The second-order valence-corrected chi connectivity index (χ2v) is 6.02. The average Bonchev–Trinajstić information content (AvgIpc) is 2.48. The van der Waals surface area contributed by atoms with Crippen molar-refractivity contribution < 1.29 is 0 Å². The zero-order valence-electron chi connectivity index (χ0n) is 10.5. The Balaban J connectivity index is 2.00. The third-order valence-electron chi connectivity index (χ3n) is 3.58. The summed E-state index contributed by atoms with van der Waals surface area (Å²) in [5, 5.41) is 0. The van der Waals surface area contributed by atoms with Gasteiger partial charge < -0.3 is 5.73 Å². The van der Waals surface area contributed by atoms with Gasteiger partial charge in [-0.1, -0.05) is 28.9 Å². The van der Waals surface area contributed by atoms with Gasteiger partial charge in [0, 0.05) is 16.7 Å². The number of nitrogens with two attached hydrogens (primary N) is 1. The molecule has 0 aliphatic carbocycles. The number of nitrogens with zero attached hydrogens (tertiary/aromatic N) is 1. The molecule has 2 rings (SSSR count). The zero-order chi connectivity index (χ0) is 12.3. The predicted molar refractivity (Wildman–Crippen MR) is 76.8 cm³/mol. The third kappa shape index (κ3) is 3.71. The summed E-state index contributed by atoms with van der Waals surface area (Å²) in [6, 6.07) is 6.12. The Morgan fingerprint density at radius 1 is 1.35 bits per heavy atom. The summed E-state index contributed by atoms with van der Waals surface area (Å²) in [5.41, 5.74) is 7.93. The van der Waals surface area contributed by atoms with Crippen LogP contribution in [0, 0.1) is 5.92 Å². The highest BCUT2D eigenvalue weighted by Crippen LogP contribution is 2.23. The molecule has 1 heterocycles. The van der Waals surface area contributed by atoms with Crippen LogP contribution in [0.15, 0.2) is 22.7 Å². The number of rotatable bonds is 2. The van der Waals surface area contributed by atoms with Gasteiger partial charge in [0.1, 0.15) is 0 Å². The number of nitrogen functional groups attached to an aromatic ring is 1. The Kier molecular flexibility index (Phi) is 4.46. The van der Waals surface area contributed by atoms with E-state index >= 15 is 0 Å². The number of halogens is 1. The second-order valence-electron chi connectivity index (χ2n) is 5.16. The first kappa shape index (κ1) is 12.9. The van der Waals surface area contributed by atoms with Gasteiger partial charge in [0.25, 0.3) is 0 Å². The van der Waals surface area contributed by atoms with E-state index in [-0.39, 0.29) is 0 Å². The molecule has 0 radical (unpaired) electrons. The lowest BCUT2D eigenvalue weighted by molar-refractivity contribution is 0.273. The van der Waals surface area contributed by atoms with E-state index in [4.69, 9.17) is 5.73 Å². The van der Waals surface area contributed by atoms with Gasteiger partial charge in [-0.2, -0.15) is 0 Å². The summed E-state index contributed by atoms with van der Waals surface area (Å²) >= 11 is 3.60. The Labute approximate surface area is 112 Å². The van der Waals surface area contributed by atoms with Crippen LogP contribution in [0.1, 0.15) is 31.7 Å². The fourth-order valence-electron chi connectivity index (χ4n) is 2.41. The van der Waals surface area contributed by atoms with Gasteiger partial charge in [-0.15, -0.1) is 0 Å². The molecule has 94 valence electrons. The minimum absolute atomic E-state index is 0.824. The summed E-state index contributed by atoms with van der Waals surface area (Å²) in [5.74, 6) is 0.884. The minimum Gasteiger partial charge on any atom is -0.399 e. The molecule has 2 N–H and O–H groups in total. The smallest absolute Gasteiger partial charge is 0.0325 e. The lowest BCUT2D eigenvalue weighted by atomic mass is 10.0. The van der Waals surface area contributed by atoms with Gasteiger partial charge in [-0.05, 0) is 56.0 Å². The molecule has 1 fully saturated rings. The number of benzene rings is 1. The molecule has 1 aliphatic heterocycles. The molecule has 1 aliphatic rings. The molecule has 0 spiro atoms. The fraction of sp³-hybridized carbons (Fsp3) is 0.571. The van der Waals surface area contributed by atoms with Gasteiger partial charge in [-0.25, -0.2) is 0 Å². The van der Waals surface area contributed by atoms with Gasteiger partial charge >= 0.3 is 0 Å². The SMILES string of the molecule is CC1CCCN(Cc2ccc(N)cc2Br)CC1. The monoisotopic (exact) mass is 296 g/mol. The zero-order valence-corrected chi connectivity index (χ0v) is 12.0. The van der Waals surface area contributed by atoms with E-state index in [0.29, 0.717) is 0 Å². The van der Waals surface area contributed by atoms with Crippen molar-refractivity contribution in [2.75, 3.05) is 18.8 Å². The normalized spacial score (nSPS) is 22.4. The van der Waals surface area contributed by atoms with E-state index in [1.165, 1.54) is 37.9 Å². The molecular formula is C14H21BrN2. The molecule has 3 heteroatoms. The summed E-state index contributed by atoms with van der Waals surface area (Å²) in [6.07, 6.45) is 4.03. The maximum absolute atomic E-state index is 5.76. The Bertz CT molecular complexity index is 378. The molecule has 0 amide bonds. The quantitative estimate of drug-likeness (QED) is 0.844. The van der Waals surface area contributed by atoms with Crippen LogP contribution in [0.3, 0.4) is 0 Å². The molecule has 1 aromatic carbocycles. The van der Waals surface area contributed by atoms with Crippen LogP contribution in [0.4, 0.5) is 5.69 Å². The van der Waals surface area contributed by atoms with E-state index in [1.54, 1.807) is 0 Å². The van der Waals surface area contributed by atoms with Crippen LogP contribution in [0.25, 0.3) is 0 Å². The van der Waals surface area contributed by atoms with Gasteiger partial charge in [-0.3, -0.25) is 4.90 Å². The van der Waals surface area contributed by atoms with Crippen LogP contribution in [0.5, 0.6) is 0 Å². The minimum atomic E-state index is 0.824. The molecule has 0 saturated carbocycles. The maximum atomic E-state index is 5.76. The van der Waals surface area contributed by atoms with Crippen LogP contribution in [-0.2, 0) is 6.54 Å². The maximum Gasteiger partial charge on any atom is 0.0325 e. The molecule has 1 aromatic rings. The van der Waals surface area contributed by atoms with Crippen LogP contribution >= 0.6 is 15.9 Å². The summed E-state index contributed by atoms with van der Waals surface area (Å²) in [4.78, 5) is 2.56. The Morgan fingerprint density at radius 3 is 2.94 bits per heavy atom. The largest absolute Gasteiger partial charge is 0.399 e. The predicted octanol–water partition coefficient (Wildman–Crippen LogP) is 3.65. The van der Waals surface area contributed by atoms with Crippen LogP contribution < -0.4 is 5.73 Å². The number of anilines is 1. The first-order valence-corrected chi connectivity index (χ1v) is 7.20. The average molecular weight is 297 g/mol. The highest BCUT2D eigenvalue weighted by Gasteiger charge is 2.14. The second kappa shape index (κ2) is 5.87. The van der Waals surface area contributed by atoms with Crippen LogP contribution in [-0.4, -0.2) is 18.0 Å². The van der Waals surface area contributed by atoms with Crippen molar-refractivity contribution in [3.8, 4) is 0 Å². The highest BCUT2D eigenvalue weighted by molar-refractivity contribution is 9.10. The number of likely N-dealkylation sites (tertiary alicyclic amines) is 1. The summed E-state index contributed by atoms with van der Waals surface area (Å²) in [6.45, 7) is 5.84. The highest BCUT2D eigenvalue weighted by atomic mass is 79.9. The summed E-state index contributed by atoms with van der Waals surface area (Å²) < 4.78 is 1.13. The van der Waals surface area contributed by atoms with Crippen molar-refractivity contribution >= 4 is 21.6 Å². The van der Waals surface area contributed by atoms with E-state index < -0.39 is 0 Å².